The van der Waals surface area contributed by atoms with E-state index in [1.165, 1.54) is 0 Å². The fourth-order valence-corrected chi connectivity index (χ4v) is 1.07. The number of hydrogen-bond donors (Lipinski definition) is 0. The van der Waals surface area contributed by atoms with Crippen LogP contribution in [-0.2, 0) is 11.3 Å². The largest absolute Gasteiger partial charge is 0.457 e. The second-order valence-electron chi connectivity index (χ2n) is 2.23. The van der Waals surface area contributed by atoms with E-state index in [1.54, 1.807) is 6.07 Å². The van der Waals surface area contributed by atoms with Gasteiger partial charge in [-0.1, -0.05) is 18.2 Å². The smallest absolute Gasteiger partial charge is 0.338 e. The van der Waals surface area contributed by atoms with Crippen LogP contribution < -0.4 is 0 Å². The maximum Gasteiger partial charge on any atom is 0.338 e. The van der Waals surface area contributed by atoms with Gasteiger partial charge in [-0.15, -0.1) is 39.5 Å². The van der Waals surface area contributed by atoms with Gasteiger partial charge in [-0.05, 0) is 6.07 Å². The maximum atomic E-state index is 10.8. The van der Waals surface area contributed by atoms with E-state index in [9.17, 15) is 4.79 Å². The van der Waals surface area contributed by atoms with Crippen LogP contribution in [0.1, 0.15) is 15.9 Å². The molecule has 0 aliphatic carbocycles. The number of rotatable bonds is 0. The van der Waals surface area contributed by atoms with E-state index < -0.39 is 0 Å². The molecule has 2 heteroatoms. The minimum atomic E-state index is -0.199. The van der Waals surface area contributed by atoms with Gasteiger partial charge < -0.3 is 4.74 Å². The molecule has 1 aromatic carbocycles. The molecular formula is C14H18O2. The first kappa shape index (κ1) is 16.3. The van der Waals surface area contributed by atoms with Crippen LogP contribution in [0.2, 0.25) is 0 Å². The Balaban J connectivity index is 0. The lowest BCUT2D eigenvalue weighted by Crippen LogP contribution is -1.91. The van der Waals surface area contributed by atoms with Crippen molar-refractivity contribution >= 4 is 5.97 Å². The zero-order chi connectivity index (χ0) is 13.0. The number of cyclic esters (lactones) is 1. The Labute approximate surface area is 97.6 Å². The van der Waals surface area contributed by atoms with Gasteiger partial charge >= 0.3 is 5.97 Å². The normalized spacial score (nSPS) is 9.88. The highest BCUT2D eigenvalue weighted by molar-refractivity contribution is 5.93. The predicted molar refractivity (Wildman–Crippen MR) is 69.3 cm³/mol. The second kappa shape index (κ2) is 11.0. The van der Waals surface area contributed by atoms with Gasteiger partial charge in [0.25, 0.3) is 0 Å². The molecule has 0 unspecified atom stereocenters. The van der Waals surface area contributed by atoms with Gasteiger partial charge in [-0.2, -0.15) is 0 Å². The molecule has 0 saturated heterocycles. The highest BCUT2D eigenvalue weighted by atomic mass is 16.5. The summed E-state index contributed by atoms with van der Waals surface area (Å²) in [6.45, 7) is 18.4. The first-order valence-corrected chi connectivity index (χ1v) is 4.63. The van der Waals surface area contributed by atoms with Crippen LogP contribution in [0.15, 0.2) is 63.7 Å². The molecule has 0 amide bonds. The summed E-state index contributed by atoms with van der Waals surface area (Å²) < 4.78 is 4.78. The summed E-state index contributed by atoms with van der Waals surface area (Å²) in [6.07, 6.45) is 0. The number of fused-ring (bicyclic) bond motifs is 1. The Morgan fingerprint density at radius 1 is 0.938 bits per heavy atom. The van der Waals surface area contributed by atoms with Crippen LogP contribution in [0.4, 0.5) is 0 Å². The SMILES string of the molecule is C=C.C=C.C=C.O=C1OCc2ccccc21. The predicted octanol–water partition coefficient (Wildman–Crippen LogP) is 3.76. The third-order valence-electron chi connectivity index (χ3n) is 1.60. The monoisotopic (exact) mass is 218 g/mol. The maximum absolute atomic E-state index is 10.8. The van der Waals surface area contributed by atoms with Crippen molar-refractivity contribution in [3.63, 3.8) is 0 Å². The molecular weight excluding hydrogens is 200 g/mol. The van der Waals surface area contributed by atoms with E-state index >= 15 is 0 Å². The summed E-state index contributed by atoms with van der Waals surface area (Å²) in [5.41, 5.74) is 1.70. The van der Waals surface area contributed by atoms with Crippen molar-refractivity contribution in [2.24, 2.45) is 0 Å². The molecule has 1 aliphatic heterocycles. The minimum Gasteiger partial charge on any atom is -0.457 e. The average molecular weight is 218 g/mol. The van der Waals surface area contributed by atoms with Crippen LogP contribution in [0.3, 0.4) is 0 Å². The molecule has 86 valence electrons. The fourth-order valence-electron chi connectivity index (χ4n) is 1.07. The van der Waals surface area contributed by atoms with Crippen molar-refractivity contribution in [2.75, 3.05) is 0 Å². The quantitative estimate of drug-likeness (QED) is 0.489. The van der Waals surface area contributed by atoms with Gasteiger partial charge in [0, 0.05) is 5.56 Å². The zero-order valence-electron chi connectivity index (χ0n) is 9.58. The highest BCUT2D eigenvalue weighted by Crippen LogP contribution is 2.17. The minimum absolute atomic E-state index is 0.199. The molecule has 0 radical (unpaired) electrons. The molecule has 0 aromatic heterocycles. The summed E-state index contributed by atoms with van der Waals surface area (Å²) in [5.74, 6) is -0.199. The summed E-state index contributed by atoms with van der Waals surface area (Å²) in [5, 5.41) is 0. The lowest BCUT2D eigenvalue weighted by molar-refractivity contribution is 0.0535. The molecule has 1 aromatic rings. The second-order valence-corrected chi connectivity index (χ2v) is 2.23. The van der Waals surface area contributed by atoms with E-state index in [1.807, 2.05) is 18.2 Å². The Morgan fingerprint density at radius 2 is 1.44 bits per heavy atom. The first-order chi connectivity index (χ1) is 7.88. The first-order valence-electron chi connectivity index (χ1n) is 4.63. The van der Waals surface area contributed by atoms with Crippen molar-refractivity contribution in [3.05, 3.63) is 74.9 Å². The number of carbonyl (C=O) groups is 1. The van der Waals surface area contributed by atoms with E-state index in [4.69, 9.17) is 4.74 Å². The zero-order valence-corrected chi connectivity index (χ0v) is 9.58. The molecule has 16 heavy (non-hydrogen) atoms. The van der Waals surface area contributed by atoms with Gasteiger partial charge in [-0.3, -0.25) is 0 Å². The van der Waals surface area contributed by atoms with Crippen LogP contribution in [-0.4, -0.2) is 5.97 Å². The molecule has 2 rings (SSSR count). The Hall–Kier alpha value is -2.09. The van der Waals surface area contributed by atoms with Gasteiger partial charge in [0.1, 0.15) is 6.61 Å². The van der Waals surface area contributed by atoms with Crippen molar-refractivity contribution in [1.82, 2.24) is 0 Å². The molecule has 0 atom stereocenters. The van der Waals surface area contributed by atoms with Gasteiger partial charge in [-0.25, -0.2) is 4.79 Å². The van der Waals surface area contributed by atoms with Gasteiger partial charge in [0.15, 0.2) is 0 Å². The van der Waals surface area contributed by atoms with E-state index in [0.29, 0.717) is 12.2 Å². The fraction of sp³-hybridized carbons (Fsp3) is 0.0714. The molecule has 0 spiro atoms. The molecule has 0 fully saturated rings. The Morgan fingerprint density at radius 3 is 1.94 bits per heavy atom. The van der Waals surface area contributed by atoms with Crippen LogP contribution in [0.25, 0.3) is 0 Å². The van der Waals surface area contributed by atoms with E-state index in [2.05, 4.69) is 39.5 Å². The molecule has 1 aliphatic rings. The third kappa shape index (κ3) is 4.42. The Bertz CT molecular complexity index is 314. The Kier molecular flexibility index (Phi) is 11.2. The number of carbonyl (C=O) groups excluding carboxylic acids is 1. The number of esters is 1. The lowest BCUT2D eigenvalue weighted by atomic mass is 10.1. The standard InChI is InChI=1S/C8H6O2.3C2H4/c9-8-7-4-2-1-3-6(7)5-10-8;3*1-2/h1-4H,5H2;3*1-2H2. The van der Waals surface area contributed by atoms with Crippen molar-refractivity contribution < 1.29 is 9.53 Å². The van der Waals surface area contributed by atoms with Gasteiger partial charge in [0.05, 0.1) is 5.56 Å². The average Bonchev–Trinajstić information content (AvgIpc) is 2.79. The summed E-state index contributed by atoms with van der Waals surface area (Å²) in [6, 6.07) is 7.43. The van der Waals surface area contributed by atoms with E-state index in [0.717, 1.165) is 5.56 Å². The highest BCUT2D eigenvalue weighted by Gasteiger charge is 2.18. The third-order valence-corrected chi connectivity index (χ3v) is 1.60. The number of benzene rings is 1. The van der Waals surface area contributed by atoms with Crippen LogP contribution >= 0.6 is 0 Å². The van der Waals surface area contributed by atoms with Crippen molar-refractivity contribution in [3.8, 4) is 0 Å². The summed E-state index contributed by atoms with van der Waals surface area (Å²) in [4.78, 5) is 10.8. The molecule has 2 nitrogen and oxygen atoms in total. The van der Waals surface area contributed by atoms with Crippen molar-refractivity contribution in [1.29, 1.82) is 0 Å². The molecule has 0 bridgehead atoms. The van der Waals surface area contributed by atoms with E-state index in [-0.39, 0.29) is 5.97 Å². The van der Waals surface area contributed by atoms with Gasteiger partial charge in [0.2, 0.25) is 0 Å². The molecule has 1 heterocycles. The molecule has 0 N–H and O–H groups in total. The molecule has 0 saturated carbocycles. The summed E-state index contributed by atoms with van der Waals surface area (Å²) >= 11 is 0. The number of hydrogen-bond acceptors (Lipinski definition) is 2. The lowest BCUT2D eigenvalue weighted by Gasteiger charge is -1.87. The van der Waals surface area contributed by atoms with Crippen LogP contribution in [0.5, 0.6) is 0 Å². The van der Waals surface area contributed by atoms with Crippen molar-refractivity contribution in [2.45, 2.75) is 6.61 Å². The number of ether oxygens (including phenoxy) is 1. The van der Waals surface area contributed by atoms with Crippen LogP contribution in [0, 0.1) is 0 Å². The topological polar surface area (TPSA) is 26.3 Å². The summed E-state index contributed by atoms with van der Waals surface area (Å²) in [7, 11) is 0.